The predicted molar refractivity (Wildman–Crippen MR) is 52.9 cm³/mol. The second-order valence-corrected chi connectivity index (χ2v) is 3.64. The first-order valence-electron chi connectivity index (χ1n) is 5.07. The lowest BCUT2D eigenvalue weighted by atomic mass is 9.95. The van der Waals surface area contributed by atoms with Crippen LogP contribution in [-0.4, -0.2) is 13.1 Å². The molecular weight excluding hydrogens is 146 g/mol. The van der Waals surface area contributed by atoms with Gasteiger partial charge in [0.15, 0.2) is 0 Å². The molecule has 0 amide bonds. The molecule has 1 N–H and O–H groups in total. The van der Waals surface area contributed by atoms with E-state index in [-0.39, 0.29) is 0 Å². The van der Waals surface area contributed by atoms with Crippen molar-refractivity contribution in [3.63, 3.8) is 0 Å². The maximum atomic E-state index is 5.21. The van der Waals surface area contributed by atoms with E-state index in [9.17, 15) is 0 Å². The van der Waals surface area contributed by atoms with Gasteiger partial charge in [-0.15, -0.1) is 12.3 Å². The Morgan fingerprint density at radius 2 is 2.25 bits per heavy atom. The standard InChI is InChI=1S/C11H19N/c1-2-3-4-6-11-7-5-9-12-10-8-11/h1,11-12H,3-10H2. The first kappa shape index (κ1) is 9.61. The molecule has 0 radical (unpaired) electrons. The van der Waals surface area contributed by atoms with E-state index in [1.165, 1.54) is 45.2 Å². The Morgan fingerprint density at radius 3 is 3.08 bits per heavy atom. The molecule has 12 heavy (non-hydrogen) atoms. The monoisotopic (exact) mass is 165 g/mol. The molecule has 68 valence electrons. The fourth-order valence-electron chi connectivity index (χ4n) is 1.87. The largest absolute Gasteiger partial charge is 0.317 e. The van der Waals surface area contributed by atoms with Crippen LogP contribution >= 0.6 is 0 Å². The molecule has 1 aliphatic rings. The molecule has 1 heteroatoms. The summed E-state index contributed by atoms with van der Waals surface area (Å²) in [6.45, 7) is 2.42. The molecule has 1 fully saturated rings. The third kappa shape index (κ3) is 3.78. The van der Waals surface area contributed by atoms with E-state index in [0.29, 0.717) is 0 Å². The van der Waals surface area contributed by atoms with Crippen molar-refractivity contribution in [2.24, 2.45) is 5.92 Å². The van der Waals surface area contributed by atoms with Gasteiger partial charge in [0.05, 0.1) is 0 Å². The molecule has 0 aromatic rings. The van der Waals surface area contributed by atoms with Gasteiger partial charge in [0.25, 0.3) is 0 Å². The zero-order valence-corrected chi connectivity index (χ0v) is 7.81. The topological polar surface area (TPSA) is 12.0 Å². The van der Waals surface area contributed by atoms with Crippen LogP contribution in [-0.2, 0) is 0 Å². The molecule has 1 nitrogen and oxygen atoms in total. The van der Waals surface area contributed by atoms with E-state index in [1.807, 2.05) is 0 Å². The van der Waals surface area contributed by atoms with E-state index in [0.717, 1.165) is 12.3 Å². The Kier molecular flexibility index (Phi) is 4.87. The van der Waals surface area contributed by atoms with Crippen molar-refractivity contribution >= 4 is 0 Å². The fraction of sp³-hybridized carbons (Fsp3) is 0.818. The van der Waals surface area contributed by atoms with Gasteiger partial charge in [0, 0.05) is 6.42 Å². The molecule has 1 saturated heterocycles. The van der Waals surface area contributed by atoms with Gasteiger partial charge >= 0.3 is 0 Å². The molecule has 1 aliphatic heterocycles. The van der Waals surface area contributed by atoms with Crippen molar-refractivity contribution in [2.45, 2.75) is 38.5 Å². The third-order valence-corrected chi connectivity index (χ3v) is 2.63. The molecule has 0 spiro atoms. The average molecular weight is 165 g/mol. The summed E-state index contributed by atoms with van der Waals surface area (Å²) in [6.07, 6.45) is 12.8. The molecule has 1 unspecified atom stereocenters. The van der Waals surface area contributed by atoms with Crippen molar-refractivity contribution in [1.82, 2.24) is 5.32 Å². The first-order chi connectivity index (χ1) is 5.93. The molecular formula is C11H19N. The Morgan fingerprint density at radius 1 is 1.33 bits per heavy atom. The molecule has 1 rings (SSSR count). The van der Waals surface area contributed by atoms with Crippen molar-refractivity contribution < 1.29 is 0 Å². The summed E-state index contributed by atoms with van der Waals surface area (Å²) in [4.78, 5) is 0. The van der Waals surface area contributed by atoms with Crippen molar-refractivity contribution in [1.29, 1.82) is 0 Å². The Bertz CT molecular complexity index is 138. The molecule has 0 bridgehead atoms. The number of hydrogen-bond acceptors (Lipinski definition) is 1. The van der Waals surface area contributed by atoms with Crippen LogP contribution < -0.4 is 5.32 Å². The average Bonchev–Trinajstić information content (AvgIpc) is 2.33. The predicted octanol–water partition coefficient (Wildman–Crippen LogP) is 2.18. The molecule has 0 aromatic carbocycles. The minimum Gasteiger partial charge on any atom is -0.317 e. The van der Waals surface area contributed by atoms with Gasteiger partial charge < -0.3 is 5.32 Å². The summed E-state index contributed by atoms with van der Waals surface area (Å²) >= 11 is 0. The first-order valence-corrected chi connectivity index (χ1v) is 5.07. The maximum absolute atomic E-state index is 5.21. The highest BCUT2D eigenvalue weighted by atomic mass is 14.8. The van der Waals surface area contributed by atoms with Gasteiger partial charge in [-0.05, 0) is 51.1 Å². The van der Waals surface area contributed by atoms with E-state index in [1.54, 1.807) is 0 Å². The number of nitrogens with one attached hydrogen (secondary N) is 1. The number of hydrogen-bond donors (Lipinski definition) is 1. The van der Waals surface area contributed by atoms with Crippen molar-refractivity contribution in [3.05, 3.63) is 0 Å². The van der Waals surface area contributed by atoms with Crippen LogP contribution in [0.3, 0.4) is 0 Å². The lowest BCUT2D eigenvalue weighted by Crippen LogP contribution is -2.14. The second-order valence-electron chi connectivity index (χ2n) is 3.64. The van der Waals surface area contributed by atoms with E-state index < -0.39 is 0 Å². The summed E-state index contributed by atoms with van der Waals surface area (Å²) < 4.78 is 0. The minimum atomic E-state index is 0.938. The summed E-state index contributed by atoms with van der Waals surface area (Å²) in [6, 6.07) is 0. The van der Waals surface area contributed by atoms with Gasteiger partial charge in [-0.3, -0.25) is 0 Å². The Balaban J connectivity index is 2.08. The quantitative estimate of drug-likeness (QED) is 0.499. The fourth-order valence-corrected chi connectivity index (χ4v) is 1.87. The normalized spacial score (nSPS) is 24.4. The molecule has 1 heterocycles. The zero-order valence-electron chi connectivity index (χ0n) is 7.81. The molecule has 1 atom stereocenters. The van der Waals surface area contributed by atoms with Crippen molar-refractivity contribution in [2.75, 3.05) is 13.1 Å². The van der Waals surface area contributed by atoms with Crippen LogP contribution in [0.5, 0.6) is 0 Å². The van der Waals surface area contributed by atoms with Crippen LogP contribution in [0, 0.1) is 18.3 Å². The highest BCUT2D eigenvalue weighted by Crippen LogP contribution is 2.19. The van der Waals surface area contributed by atoms with Crippen LogP contribution in [0.2, 0.25) is 0 Å². The van der Waals surface area contributed by atoms with Gasteiger partial charge in [0.2, 0.25) is 0 Å². The molecule has 0 saturated carbocycles. The Labute approximate surface area is 75.9 Å². The Hall–Kier alpha value is -0.480. The van der Waals surface area contributed by atoms with Gasteiger partial charge in [-0.25, -0.2) is 0 Å². The maximum Gasteiger partial charge on any atom is 0.00861 e. The van der Waals surface area contributed by atoms with E-state index in [2.05, 4.69) is 11.2 Å². The summed E-state index contributed by atoms with van der Waals surface area (Å²) in [7, 11) is 0. The summed E-state index contributed by atoms with van der Waals surface area (Å²) in [5.41, 5.74) is 0. The van der Waals surface area contributed by atoms with E-state index in [4.69, 9.17) is 6.42 Å². The van der Waals surface area contributed by atoms with Gasteiger partial charge in [0.1, 0.15) is 0 Å². The van der Waals surface area contributed by atoms with Crippen LogP contribution in [0.25, 0.3) is 0 Å². The lowest BCUT2D eigenvalue weighted by molar-refractivity contribution is 0.428. The smallest absolute Gasteiger partial charge is 0.00861 e. The molecule has 0 aromatic heterocycles. The van der Waals surface area contributed by atoms with Crippen molar-refractivity contribution in [3.8, 4) is 12.3 Å². The summed E-state index contributed by atoms with van der Waals surface area (Å²) in [5, 5.41) is 3.43. The third-order valence-electron chi connectivity index (χ3n) is 2.63. The van der Waals surface area contributed by atoms with Gasteiger partial charge in [-0.1, -0.05) is 0 Å². The van der Waals surface area contributed by atoms with Crippen LogP contribution in [0.1, 0.15) is 38.5 Å². The van der Waals surface area contributed by atoms with E-state index >= 15 is 0 Å². The van der Waals surface area contributed by atoms with Gasteiger partial charge in [-0.2, -0.15) is 0 Å². The second kappa shape index (κ2) is 6.08. The lowest BCUT2D eigenvalue weighted by Gasteiger charge is -2.11. The number of rotatable bonds is 3. The minimum absolute atomic E-state index is 0.938. The number of terminal acetylenes is 1. The zero-order chi connectivity index (χ0) is 8.65. The molecule has 0 aliphatic carbocycles. The highest BCUT2D eigenvalue weighted by Gasteiger charge is 2.10. The van der Waals surface area contributed by atoms with Crippen LogP contribution in [0.15, 0.2) is 0 Å². The SMILES string of the molecule is C#CCCCC1CCCNCC1. The number of unbranched alkanes of at least 4 members (excludes halogenated alkanes) is 1. The van der Waals surface area contributed by atoms with Crippen LogP contribution in [0.4, 0.5) is 0 Å². The summed E-state index contributed by atoms with van der Waals surface area (Å²) in [5.74, 6) is 3.65. The highest BCUT2D eigenvalue weighted by molar-refractivity contribution is 4.83.